The molecule has 0 aromatic carbocycles. The molecule has 0 radical (unpaired) electrons. The number of nitrogens with zero attached hydrogens (tertiary/aromatic N) is 1. The second-order valence-electron chi connectivity index (χ2n) is 4.50. The molecule has 0 fully saturated rings. The van der Waals surface area contributed by atoms with Crippen LogP contribution in [0.15, 0.2) is 36.7 Å². The summed E-state index contributed by atoms with van der Waals surface area (Å²) in [6.07, 6.45) is 9.84. The molecule has 23 heavy (non-hydrogen) atoms. The zero-order valence-corrected chi connectivity index (χ0v) is 13.4. The van der Waals surface area contributed by atoms with Gasteiger partial charge in [0.05, 0.1) is 13.3 Å². The summed E-state index contributed by atoms with van der Waals surface area (Å²) in [6, 6.07) is 2.47. The summed E-state index contributed by atoms with van der Waals surface area (Å²) in [6.45, 7) is 2.15. The Morgan fingerprint density at radius 1 is 1.30 bits per heavy atom. The second kappa shape index (κ2) is 11.9. The molecule has 0 bridgehead atoms. The van der Waals surface area contributed by atoms with Crippen LogP contribution in [0.3, 0.4) is 0 Å². The van der Waals surface area contributed by atoms with E-state index in [4.69, 9.17) is 14.9 Å². The van der Waals surface area contributed by atoms with Gasteiger partial charge in [0, 0.05) is 24.4 Å². The van der Waals surface area contributed by atoms with E-state index in [1.807, 2.05) is 19.3 Å². The Hall–Kier alpha value is -2.67. The Morgan fingerprint density at radius 3 is 2.39 bits per heavy atom. The minimum atomic E-state index is -1.26. The lowest BCUT2D eigenvalue weighted by Gasteiger charge is -2.05. The highest BCUT2D eigenvalue weighted by Gasteiger charge is 1.94. The average molecular weight is 322 g/mol. The molecule has 3 N–H and O–H groups in total. The fourth-order valence-corrected chi connectivity index (χ4v) is 1.31. The molecule has 0 saturated carbocycles. The van der Waals surface area contributed by atoms with Crippen LogP contribution in [0.25, 0.3) is 6.08 Å². The van der Waals surface area contributed by atoms with Gasteiger partial charge < -0.3 is 20.3 Å². The maximum Gasteiger partial charge on any atom is 0.328 e. The van der Waals surface area contributed by atoms with Gasteiger partial charge in [0.1, 0.15) is 5.75 Å². The van der Waals surface area contributed by atoms with Crippen molar-refractivity contribution in [1.29, 1.82) is 0 Å². The van der Waals surface area contributed by atoms with Crippen LogP contribution in [0.5, 0.6) is 5.75 Å². The van der Waals surface area contributed by atoms with Crippen molar-refractivity contribution in [3.63, 3.8) is 0 Å². The van der Waals surface area contributed by atoms with Crippen LogP contribution in [0.2, 0.25) is 0 Å². The number of ether oxygens (including phenoxy) is 1. The molecule has 0 unspecified atom stereocenters. The molecular weight excluding hydrogens is 300 g/mol. The lowest BCUT2D eigenvalue weighted by atomic mass is 10.2. The van der Waals surface area contributed by atoms with Crippen LogP contribution < -0.4 is 10.1 Å². The molecule has 7 heteroatoms. The van der Waals surface area contributed by atoms with E-state index in [2.05, 4.69) is 29.4 Å². The summed E-state index contributed by atoms with van der Waals surface area (Å²) < 4.78 is 5.09. The fraction of sp³-hybridized carbons (Fsp3) is 0.312. The summed E-state index contributed by atoms with van der Waals surface area (Å²) in [5, 5.41) is 18.8. The van der Waals surface area contributed by atoms with Gasteiger partial charge >= 0.3 is 11.9 Å². The molecule has 1 rings (SSSR count). The minimum Gasteiger partial charge on any atom is -0.495 e. The number of nitrogens with one attached hydrogen (secondary N) is 1. The number of aliphatic carboxylic acids is 2. The number of hydrogen-bond donors (Lipinski definition) is 3. The summed E-state index contributed by atoms with van der Waals surface area (Å²) in [4.78, 5) is 23.2. The third-order valence-electron chi connectivity index (χ3n) is 2.63. The SMILES string of the molecule is CN[C@@H](C)C/C=C/c1cncc(OC)c1.O=C(O)/C=C/C(=O)O. The molecule has 0 aliphatic heterocycles. The highest BCUT2D eigenvalue weighted by Crippen LogP contribution is 2.11. The van der Waals surface area contributed by atoms with Crippen molar-refractivity contribution < 1.29 is 24.5 Å². The Balaban J connectivity index is 0.000000515. The number of aromatic nitrogens is 1. The van der Waals surface area contributed by atoms with Crippen molar-refractivity contribution in [3.8, 4) is 5.75 Å². The Kier molecular flexibility index (Phi) is 10.5. The monoisotopic (exact) mass is 322 g/mol. The predicted octanol–water partition coefficient (Wildman–Crippen LogP) is 1.81. The Morgan fingerprint density at radius 2 is 1.91 bits per heavy atom. The van der Waals surface area contributed by atoms with Crippen LogP contribution in [0.1, 0.15) is 18.9 Å². The van der Waals surface area contributed by atoms with Gasteiger partial charge in [-0.3, -0.25) is 4.98 Å². The van der Waals surface area contributed by atoms with E-state index in [9.17, 15) is 9.59 Å². The highest BCUT2D eigenvalue weighted by molar-refractivity contribution is 5.89. The number of rotatable bonds is 7. The average Bonchev–Trinajstić information content (AvgIpc) is 2.53. The molecular formula is C16H22N2O5. The van der Waals surface area contributed by atoms with Crippen LogP contribution >= 0.6 is 0 Å². The first-order chi connectivity index (χ1) is 10.9. The molecule has 1 atom stereocenters. The predicted molar refractivity (Wildman–Crippen MR) is 87.4 cm³/mol. The molecule has 1 aromatic heterocycles. The topological polar surface area (TPSA) is 109 Å². The molecule has 1 aromatic rings. The largest absolute Gasteiger partial charge is 0.495 e. The zero-order chi connectivity index (χ0) is 17.7. The Labute approximate surface area is 135 Å². The van der Waals surface area contributed by atoms with Crippen LogP contribution in [0.4, 0.5) is 0 Å². The third-order valence-corrected chi connectivity index (χ3v) is 2.63. The van der Waals surface area contributed by atoms with E-state index >= 15 is 0 Å². The molecule has 0 saturated heterocycles. The van der Waals surface area contributed by atoms with E-state index in [0.29, 0.717) is 18.2 Å². The number of carboxylic acid groups (broad SMARTS) is 2. The molecule has 0 amide bonds. The fourth-order valence-electron chi connectivity index (χ4n) is 1.31. The van der Waals surface area contributed by atoms with Gasteiger partial charge in [-0.05, 0) is 32.0 Å². The van der Waals surface area contributed by atoms with E-state index in [1.165, 1.54) is 0 Å². The Bertz CT molecular complexity index is 539. The van der Waals surface area contributed by atoms with Crippen LogP contribution in [-0.4, -0.2) is 47.3 Å². The summed E-state index contributed by atoms with van der Waals surface area (Å²) in [5.74, 6) is -1.72. The lowest BCUT2D eigenvalue weighted by Crippen LogP contribution is -2.19. The number of methoxy groups -OCH3 is 1. The van der Waals surface area contributed by atoms with Crippen LogP contribution in [-0.2, 0) is 9.59 Å². The lowest BCUT2D eigenvalue weighted by molar-refractivity contribution is -0.134. The van der Waals surface area contributed by atoms with E-state index in [1.54, 1.807) is 13.3 Å². The highest BCUT2D eigenvalue weighted by atomic mass is 16.5. The van der Waals surface area contributed by atoms with Crippen molar-refractivity contribution in [3.05, 3.63) is 42.3 Å². The first-order valence-electron chi connectivity index (χ1n) is 6.85. The van der Waals surface area contributed by atoms with Crippen molar-refractivity contribution >= 4 is 18.0 Å². The number of pyridine rings is 1. The van der Waals surface area contributed by atoms with Gasteiger partial charge in [-0.1, -0.05) is 12.2 Å². The summed E-state index contributed by atoms with van der Waals surface area (Å²) in [5.41, 5.74) is 1.07. The smallest absolute Gasteiger partial charge is 0.328 e. The number of carboxylic acids is 2. The first-order valence-corrected chi connectivity index (χ1v) is 6.85. The van der Waals surface area contributed by atoms with Gasteiger partial charge in [0.2, 0.25) is 0 Å². The maximum absolute atomic E-state index is 9.55. The molecule has 0 spiro atoms. The third kappa shape index (κ3) is 11.6. The summed E-state index contributed by atoms with van der Waals surface area (Å²) >= 11 is 0. The van der Waals surface area contributed by atoms with Gasteiger partial charge in [-0.15, -0.1) is 0 Å². The minimum absolute atomic E-state index is 0.500. The van der Waals surface area contributed by atoms with Crippen LogP contribution in [0, 0.1) is 0 Å². The molecule has 1 heterocycles. The van der Waals surface area contributed by atoms with E-state index in [0.717, 1.165) is 17.7 Å². The van der Waals surface area contributed by atoms with E-state index < -0.39 is 11.9 Å². The van der Waals surface area contributed by atoms with Crippen molar-refractivity contribution in [2.75, 3.05) is 14.2 Å². The molecule has 126 valence electrons. The quantitative estimate of drug-likeness (QED) is 0.657. The number of hydrogen-bond acceptors (Lipinski definition) is 5. The normalized spacial score (nSPS) is 11.8. The molecule has 7 nitrogen and oxygen atoms in total. The maximum atomic E-state index is 9.55. The van der Waals surface area contributed by atoms with E-state index in [-0.39, 0.29) is 0 Å². The van der Waals surface area contributed by atoms with Gasteiger partial charge in [0.25, 0.3) is 0 Å². The van der Waals surface area contributed by atoms with Crippen molar-refractivity contribution in [1.82, 2.24) is 10.3 Å². The van der Waals surface area contributed by atoms with Gasteiger partial charge in [0.15, 0.2) is 0 Å². The second-order valence-corrected chi connectivity index (χ2v) is 4.50. The summed E-state index contributed by atoms with van der Waals surface area (Å²) in [7, 11) is 3.61. The van der Waals surface area contributed by atoms with Crippen molar-refractivity contribution in [2.45, 2.75) is 19.4 Å². The van der Waals surface area contributed by atoms with Crippen molar-refractivity contribution in [2.24, 2.45) is 0 Å². The standard InChI is InChI=1S/C12H18N2O.C4H4O4/c1-10(13-2)5-4-6-11-7-12(15-3)9-14-8-11;5-3(6)1-2-4(7)8/h4,6-10,13H,5H2,1-3H3;1-2H,(H,5,6)(H,7,8)/b6-4+;2-1+/t10-;/m0./s1. The number of carbonyl (C=O) groups is 2. The van der Waals surface area contributed by atoms with Gasteiger partial charge in [-0.25, -0.2) is 9.59 Å². The van der Waals surface area contributed by atoms with Gasteiger partial charge in [-0.2, -0.15) is 0 Å². The first kappa shape index (κ1) is 20.3. The molecule has 0 aliphatic rings. The molecule has 0 aliphatic carbocycles. The zero-order valence-electron chi connectivity index (χ0n) is 13.4.